The van der Waals surface area contributed by atoms with Crippen LogP contribution in [0.3, 0.4) is 0 Å². The number of hydrogen-bond acceptors (Lipinski definition) is 4. The quantitative estimate of drug-likeness (QED) is 0.783. The van der Waals surface area contributed by atoms with Gasteiger partial charge in [0.1, 0.15) is 5.60 Å². The summed E-state index contributed by atoms with van der Waals surface area (Å²) in [6.07, 6.45) is -0.854. The van der Waals surface area contributed by atoms with Gasteiger partial charge in [-0.3, -0.25) is 4.79 Å². The summed E-state index contributed by atoms with van der Waals surface area (Å²) in [7, 11) is 0. The fourth-order valence-electron chi connectivity index (χ4n) is 2.48. The lowest BCUT2D eigenvalue weighted by molar-refractivity contribution is -0.144. The summed E-state index contributed by atoms with van der Waals surface area (Å²) in [5.74, 6) is -1.50. The Morgan fingerprint density at radius 2 is 1.48 bits per heavy atom. The molecule has 0 aliphatic carbocycles. The molecular weight excluding hydrogens is 346 g/mol. The van der Waals surface area contributed by atoms with Crippen LogP contribution in [0, 0.1) is 0 Å². The van der Waals surface area contributed by atoms with Gasteiger partial charge in [0, 0.05) is 11.1 Å². The van der Waals surface area contributed by atoms with Crippen LogP contribution in [0.1, 0.15) is 49.2 Å². The van der Waals surface area contributed by atoms with Crippen molar-refractivity contribution in [3.8, 4) is 0 Å². The van der Waals surface area contributed by atoms with Gasteiger partial charge in [-0.2, -0.15) is 0 Å². The Kier molecular flexibility index (Phi) is 5.69. The molecule has 6 heteroatoms. The van der Waals surface area contributed by atoms with Gasteiger partial charge in [-0.15, -0.1) is 0 Å². The number of alkyl carbamates (subject to hydrolysis) is 1. The smallest absolute Gasteiger partial charge is 0.408 e. The number of amides is 1. The van der Waals surface area contributed by atoms with Crippen molar-refractivity contribution < 1.29 is 24.2 Å². The van der Waals surface area contributed by atoms with Gasteiger partial charge in [-0.1, -0.05) is 48.5 Å². The molecule has 0 aliphatic heterocycles. The maximum absolute atomic E-state index is 12.6. The number of carbonyl (C=O) groups is 3. The van der Waals surface area contributed by atoms with E-state index < -0.39 is 23.2 Å². The maximum Gasteiger partial charge on any atom is 0.408 e. The summed E-state index contributed by atoms with van der Waals surface area (Å²) < 4.78 is 5.17. The van der Waals surface area contributed by atoms with Crippen molar-refractivity contribution in [2.75, 3.05) is 0 Å². The fourth-order valence-corrected chi connectivity index (χ4v) is 2.48. The third-order valence-corrected chi connectivity index (χ3v) is 3.92. The Balaban J connectivity index is 2.37. The largest absolute Gasteiger partial charge is 0.479 e. The number of rotatable bonds is 5. The zero-order valence-electron chi connectivity index (χ0n) is 15.8. The molecular formula is C21H23NO5. The van der Waals surface area contributed by atoms with Gasteiger partial charge >= 0.3 is 12.1 Å². The van der Waals surface area contributed by atoms with Crippen molar-refractivity contribution >= 4 is 17.8 Å². The standard InChI is InChI=1S/C21H23NO5/c1-20(2,3)27-19(26)22-21(4,18(24)25)16-12-8-11-15(13-16)17(23)14-9-6-5-7-10-14/h5-13H,1-4H3,(H,22,26)(H,24,25). The predicted molar refractivity (Wildman–Crippen MR) is 101 cm³/mol. The molecule has 0 fully saturated rings. The molecule has 1 atom stereocenters. The second kappa shape index (κ2) is 7.61. The van der Waals surface area contributed by atoms with Crippen molar-refractivity contribution in [2.45, 2.75) is 38.8 Å². The molecule has 6 nitrogen and oxygen atoms in total. The van der Waals surface area contributed by atoms with E-state index in [4.69, 9.17) is 4.74 Å². The van der Waals surface area contributed by atoms with E-state index in [1.165, 1.54) is 13.0 Å². The zero-order chi connectivity index (χ0) is 20.2. The average Bonchev–Trinajstić information content (AvgIpc) is 2.60. The number of ether oxygens (including phenoxy) is 1. The minimum atomic E-state index is -1.75. The van der Waals surface area contributed by atoms with E-state index in [2.05, 4.69) is 5.32 Å². The number of benzene rings is 2. The predicted octanol–water partition coefficient (Wildman–Crippen LogP) is 3.74. The van der Waals surface area contributed by atoms with Crippen LogP contribution < -0.4 is 5.32 Å². The summed E-state index contributed by atoms with van der Waals surface area (Å²) in [4.78, 5) is 36.7. The molecule has 0 spiro atoms. The van der Waals surface area contributed by atoms with Gasteiger partial charge in [0.05, 0.1) is 0 Å². The molecule has 0 saturated carbocycles. The minimum Gasteiger partial charge on any atom is -0.479 e. The van der Waals surface area contributed by atoms with Crippen LogP contribution in [0.4, 0.5) is 4.79 Å². The highest BCUT2D eigenvalue weighted by Crippen LogP contribution is 2.24. The molecule has 0 heterocycles. The Morgan fingerprint density at radius 3 is 2.04 bits per heavy atom. The molecule has 2 aromatic carbocycles. The lowest BCUT2D eigenvalue weighted by atomic mass is 9.89. The maximum atomic E-state index is 12.6. The zero-order valence-corrected chi connectivity index (χ0v) is 15.8. The van der Waals surface area contributed by atoms with Crippen molar-refractivity contribution in [3.63, 3.8) is 0 Å². The topological polar surface area (TPSA) is 92.7 Å². The second-order valence-electron chi connectivity index (χ2n) is 7.33. The van der Waals surface area contributed by atoms with Crippen molar-refractivity contribution in [3.05, 3.63) is 71.3 Å². The molecule has 1 unspecified atom stereocenters. The molecule has 2 rings (SSSR count). The highest BCUT2D eigenvalue weighted by molar-refractivity contribution is 6.09. The van der Waals surface area contributed by atoms with Crippen LogP contribution >= 0.6 is 0 Å². The summed E-state index contributed by atoms with van der Waals surface area (Å²) >= 11 is 0. The van der Waals surface area contributed by atoms with Crippen LogP contribution in [0.2, 0.25) is 0 Å². The second-order valence-corrected chi connectivity index (χ2v) is 7.33. The van der Waals surface area contributed by atoms with Gasteiger partial charge in [0.25, 0.3) is 0 Å². The van der Waals surface area contributed by atoms with Crippen molar-refractivity contribution in [1.29, 1.82) is 0 Å². The van der Waals surface area contributed by atoms with E-state index in [1.807, 2.05) is 0 Å². The van der Waals surface area contributed by atoms with Crippen LogP contribution in [0.15, 0.2) is 54.6 Å². The molecule has 0 aliphatic rings. The first-order valence-electron chi connectivity index (χ1n) is 8.48. The van der Waals surface area contributed by atoms with Gasteiger partial charge in [0.2, 0.25) is 0 Å². The van der Waals surface area contributed by atoms with Gasteiger partial charge in [0.15, 0.2) is 11.3 Å². The molecule has 2 aromatic rings. The lowest BCUT2D eigenvalue weighted by Gasteiger charge is -2.29. The molecule has 0 bridgehead atoms. The first-order chi connectivity index (χ1) is 12.5. The Morgan fingerprint density at radius 1 is 0.889 bits per heavy atom. The summed E-state index contributed by atoms with van der Waals surface area (Å²) in [6.45, 7) is 6.41. The number of ketones is 1. The molecule has 27 heavy (non-hydrogen) atoms. The van der Waals surface area contributed by atoms with E-state index >= 15 is 0 Å². The minimum absolute atomic E-state index is 0.234. The van der Waals surface area contributed by atoms with Crippen molar-refractivity contribution in [2.24, 2.45) is 0 Å². The summed E-state index contributed by atoms with van der Waals surface area (Å²) in [5, 5.41) is 12.1. The molecule has 1 amide bonds. The molecule has 142 valence electrons. The summed E-state index contributed by atoms with van der Waals surface area (Å²) in [5.41, 5.74) is -1.43. The van der Waals surface area contributed by atoms with Crippen LogP contribution in [-0.2, 0) is 15.1 Å². The molecule has 0 radical (unpaired) electrons. The van der Waals surface area contributed by atoms with Gasteiger partial charge in [-0.05, 0) is 39.3 Å². The van der Waals surface area contributed by atoms with Gasteiger partial charge in [-0.25, -0.2) is 9.59 Å². The number of carboxylic acids is 1. The van der Waals surface area contributed by atoms with E-state index in [0.29, 0.717) is 11.1 Å². The fraction of sp³-hybridized carbons (Fsp3) is 0.286. The molecule has 2 N–H and O–H groups in total. The van der Waals surface area contributed by atoms with E-state index in [9.17, 15) is 19.5 Å². The van der Waals surface area contributed by atoms with E-state index in [1.54, 1.807) is 69.3 Å². The Labute approximate surface area is 158 Å². The number of carbonyl (C=O) groups excluding carboxylic acids is 2. The first kappa shape index (κ1) is 20.2. The SMILES string of the molecule is CC(C)(C)OC(=O)NC(C)(C(=O)O)c1cccc(C(=O)c2ccccc2)c1. The van der Waals surface area contributed by atoms with Crippen LogP contribution in [0.25, 0.3) is 0 Å². The molecule has 0 aromatic heterocycles. The van der Waals surface area contributed by atoms with Crippen LogP contribution in [0.5, 0.6) is 0 Å². The average molecular weight is 369 g/mol. The third-order valence-electron chi connectivity index (χ3n) is 3.92. The van der Waals surface area contributed by atoms with E-state index in [0.717, 1.165) is 0 Å². The van der Waals surface area contributed by atoms with Crippen molar-refractivity contribution in [1.82, 2.24) is 5.32 Å². The number of aliphatic carboxylic acids is 1. The monoisotopic (exact) mass is 369 g/mol. The Hall–Kier alpha value is -3.15. The highest BCUT2D eigenvalue weighted by atomic mass is 16.6. The first-order valence-corrected chi connectivity index (χ1v) is 8.48. The lowest BCUT2D eigenvalue weighted by Crippen LogP contribution is -2.51. The Bertz CT molecular complexity index is 854. The summed E-state index contributed by atoms with van der Waals surface area (Å²) in [6, 6.07) is 14.9. The number of nitrogens with one attached hydrogen (secondary N) is 1. The third kappa shape index (κ3) is 4.94. The van der Waals surface area contributed by atoms with Crippen LogP contribution in [-0.4, -0.2) is 28.6 Å². The number of carboxylic acid groups (broad SMARTS) is 1. The highest BCUT2D eigenvalue weighted by Gasteiger charge is 2.38. The normalized spacial score (nSPS) is 13.3. The molecule has 0 saturated heterocycles. The van der Waals surface area contributed by atoms with Gasteiger partial charge < -0.3 is 15.2 Å². The van der Waals surface area contributed by atoms with E-state index in [-0.39, 0.29) is 11.3 Å². The number of hydrogen-bond donors (Lipinski definition) is 2.